The minimum absolute atomic E-state index is 0.0206. The van der Waals surface area contributed by atoms with Crippen LogP contribution in [0.3, 0.4) is 0 Å². The molecule has 1 N–H and O–H groups in total. The second kappa shape index (κ2) is 6.71. The average molecular weight is 401 g/mol. The number of amides is 1. The standard InChI is InChI=1S/C16H15BrClNO2S/c17-11-8-15(22-9-11)13-2-1-10(7-14(13)18)16(21)19-5-3-12(20)4-6-19/h1-2,7-9,12,20H,3-6H2. The number of thiophene rings is 1. The van der Waals surface area contributed by atoms with Crippen LogP contribution in [0.2, 0.25) is 5.02 Å². The highest BCUT2D eigenvalue weighted by atomic mass is 79.9. The first-order valence-electron chi connectivity index (χ1n) is 7.06. The molecule has 6 heteroatoms. The zero-order valence-electron chi connectivity index (χ0n) is 11.8. The molecule has 0 unspecified atom stereocenters. The molecule has 116 valence electrons. The van der Waals surface area contributed by atoms with Crippen molar-refractivity contribution >= 4 is 44.8 Å². The number of likely N-dealkylation sites (tertiary alicyclic amines) is 1. The van der Waals surface area contributed by atoms with E-state index in [4.69, 9.17) is 11.6 Å². The third kappa shape index (κ3) is 3.38. The molecule has 0 bridgehead atoms. The Morgan fingerprint density at radius 3 is 2.64 bits per heavy atom. The van der Waals surface area contributed by atoms with Crippen molar-refractivity contribution in [3.05, 3.63) is 44.7 Å². The SMILES string of the molecule is O=C(c1ccc(-c2cc(Br)cs2)c(Cl)c1)N1CCC(O)CC1. The van der Waals surface area contributed by atoms with Gasteiger partial charge >= 0.3 is 0 Å². The van der Waals surface area contributed by atoms with E-state index < -0.39 is 0 Å². The fourth-order valence-electron chi connectivity index (χ4n) is 2.55. The molecule has 2 aromatic rings. The van der Waals surface area contributed by atoms with Gasteiger partial charge in [0, 0.05) is 38.9 Å². The van der Waals surface area contributed by atoms with Crippen molar-refractivity contribution < 1.29 is 9.90 Å². The number of halogens is 2. The van der Waals surface area contributed by atoms with Gasteiger partial charge in [0.05, 0.1) is 11.1 Å². The van der Waals surface area contributed by atoms with Crippen LogP contribution in [0.15, 0.2) is 34.1 Å². The summed E-state index contributed by atoms with van der Waals surface area (Å²) in [7, 11) is 0. The summed E-state index contributed by atoms with van der Waals surface area (Å²) in [5, 5.41) is 12.1. The number of hydrogen-bond donors (Lipinski definition) is 1. The molecule has 1 aliphatic heterocycles. The number of carbonyl (C=O) groups is 1. The van der Waals surface area contributed by atoms with Crippen LogP contribution in [-0.4, -0.2) is 35.1 Å². The second-order valence-electron chi connectivity index (χ2n) is 5.35. The molecule has 1 aromatic heterocycles. The number of benzene rings is 1. The van der Waals surface area contributed by atoms with E-state index in [9.17, 15) is 9.90 Å². The molecule has 0 spiro atoms. The maximum absolute atomic E-state index is 12.5. The van der Waals surface area contributed by atoms with Crippen molar-refractivity contribution in [3.63, 3.8) is 0 Å². The topological polar surface area (TPSA) is 40.5 Å². The summed E-state index contributed by atoms with van der Waals surface area (Å²) >= 11 is 11.4. The smallest absolute Gasteiger partial charge is 0.253 e. The summed E-state index contributed by atoms with van der Waals surface area (Å²) in [4.78, 5) is 15.3. The van der Waals surface area contributed by atoms with Gasteiger partial charge in [0.1, 0.15) is 0 Å². The Labute approximate surface area is 146 Å². The van der Waals surface area contributed by atoms with Crippen LogP contribution in [0, 0.1) is 0 Å². The summed E-state index contributed by atoms with van der Waals surface area (Å²) in [6.07, 6.45) is 0.994. The number of rotatable bonds is 2. The van der Waals surface area contributed by atoms with Crippen molar-refractivity contribution in [3.8, 4) is 10.4 Å². The summed E-state index contributed by atoms with van der Waals surface area (Å²) in [6.45, 7) is 1.19. The Kier molecular flexibility index (Phi) is 4.88. The maximum atomic E-state index is 12.5. The maximum Gasteiger partial charge on any atom is 0.253 e. The van der Waals surface area contributed by atoms with Crippen molar-refractivity contribution in [1.29, 1.82) is 0 Å². The zero-order valence-corrected chi connectivity index (χ0v) is 14.9. The zero-order chi connectivity index (χ0) is 15.7. The Morgan fingerprint density at radius 1 is 1.32 bits per heavy atom. The van der Waals surface area contributed by atoms with Crippen LogP contribution in [0.4, 0.5) is 0 Å². The predicted octanol–water partition coefficient (Wildman–Crippen LogP) is 4.43. The molecule has 1 fully saturated rings. The van der Waals surface area contributed by atoms with Gasteiger partial charge in [-0.3, -0.25) is 4.79 Å². The molecular formula is C16H15BrClNO2S. The summed E-state index contributed by atoms with van der Waals surface area (Å²) in [5.41, 5.74) is 1.53. The Balaban J connectivity index is 1.81. The fraction of sp³-hybridized carbons (Fsp3) is 0.312. The molecule has 3 rings (SSSR count). The second-order valence-corrected chi connectivity index (χ2v) is 7.58. The third-order valence-corrected chi connectivity index (χ3v) is 5.84. The molecule has 0 aliphatic carbocycles. The van der Waals surface area contributed by atoms with Gasteiger partial charge in [-0.2, -0.15) is 0 Å². The molecule has 1 aliphatic rings. The summed E-state index contributed by atoms with van der Waals surface area (Å²) < 4.78 is 1.02. The van der Waals surface area contributed by atoms with E-state index in [1.165, 1.54) is 0 Å². The highest BCUT2D eigenvalue weighted by Gasteiger charge is 2.22. The van der Waals surface area contributed by atoms with Gasteiger partial charge in [-0.05, 0) is 47.0 Å². The van der Waals surface area contributed by atoms with E-state index in [2.05, 4.69) is 15.9 Å². The van der Waals surface area contributed by atoms with E-state index in [-0.39, 0.29) is 12.0 Å². The largest absolute Gasteiger partial charge is 0.393 e. The lowest BCUT2D eigenvalue weighted by molar-refractivity contribution is 0.0546. The fourth-order valence-corrected chi connectivity index (χ4v) is 4.36. The third-order valence-electron chi connectivity index (χ3n) is 3.80. The van der Waals surface area contributed by atoms with E-state index in [1.54, 1.807) is 22.3 Å². The quantitative estimate of drug-likeness (QED) is 0.810. The number of piperidine rings is 1. The highest BCUT2D eigenvalue weighted by Crippen LogP contribution is 2.35. The lowest BCUT2D eigenvalue weighted by Crippen LogP contribution is -2.40. The predicted molar refractivity (Wildman–Crippen MR) is 93.6 cm³/mol. The Morgan fingerprint density at radius 2 is 2.05 bits per heavy atom. The van der Waals surface area contributed by atoms with Crippen molar-refractivity contribution in [2.75, 3.05) is 13.1 Å². The van der Waals surface area contributed by atoms with E-state index in [1.807, 2.05) is 23.6 Å². The molecule has 1 saturated heterocycles. The van der Waals surface area contributed by atoms with Crippen molar-refractivity contribution in [2.45, 2.75) is 18.9 Å². The first kappa shape index (κ1) is 16.0. The molecule has 22 heavy (non-hydrogen) atoms. The highest BCUT2D eigenvalue weighted by molar-refractivity contribution is 9.10. The molecule has 0 atom stereocenters. The van der Waals surface area contributed by atoms with Crippen LogP contribution >= 0.6 is 38.9 Å². The van der Waals surface area contributed by atoms with Crippen molar-refractivity contribution in [1.82, 2.24) is 4.90 Å². The molecule has 0 radical (unpaired) electrons. The number of nitrogens with zero attached hydrogens (tertiary/aromatic N) is 1. The molecular weight excluding hydrogens is 386 g/mol. The van der Waals surface area contributed by atoms with Gasteiger partial charge < -0.3 is 10.0 Å². The Hall–Kier alpha value is -0.880. The van der Waals surface area contributed by atoms with Crippen LogP contribution in [0.5, 0.6) is 0 Å². The van der Waals surface area contributed by atoms with Crippen LogP contribution in [0.25, 0.3) is 10.4 Å². The Bertz CT molecular complexity index is 695. The lowest BCUT2D eigenvalue weighted by Gasteiger charge is -2.29. The molecule has 1 amide bonds. The van der Waals surface area contributed by atoms with Gasteiger partial charge in [-0.1, -0.05) is 17.7 Å². The first-order chi connectivity index (χ1) is 10.5. The molecule has 2 heterocycles. The van der Waals surface area contributed by atoms with Gasteiger partial charge in [-0.15, -0.1) is 11.3 Å². The van der Waals surface area contributed by atoms with E-state index >= 15 is 0 Å². The monoisotopic (exact) mass is 399 g/mol. The van der Waals surface area contributed by atoms with Crippen LogP contribution < -0.4 is 0 Å². The number of carbonyl (C=O) groups excluding carboxylic acids is 1. The van der Waals surface area contributed by atoms with E-state index in [0.717, 1.165) is 14.9 Å². The summed E-state index contributed by atoms with van der Waals surface area (Å²) in [6, 6.07) is 7.46. The number of aliphatic hydroxyl groups excluding tert-OH is 1. The average Bonchev–Trinajstić information content (AvgIpc) is 2.93. The van der Waals surface area contributed by atoms with Crippen molar-refractivity contribution in [2.24, 2.45) is 0 Å². The minimum Gasteiger partial charge on any atom is -0.393 e. The molecule has 0 saturated carbocycles. The summed E-state index contributed by atoms with van der Waals surface area (Å²) in [5.74, 6) is -0.0206. The van der Waals surface area contributed by atoms with Gasteiger partial charge in [0.15, 0.2) is 0 Å². The van der Waals surface area contributed by atoms with E-state index in [0.29, 0.717) is 36.5 Å². The van der Waals surface area contributed by atoms with Gasteiger partial charge in [0.25, 0.3) is 5.91 Å². The van der Waals surface area contributed by atoms with Gasteiger partial charge in [0.2, 0.25) is 0 Å². The van der Waals surface area contributed by atoms with Gasteiger partial charge in [-0.25, -0.2) is 0 Å². The number of hydrogen-bond acceptors (Lipinski definition) is 3. The lowest BCUT2D eigenvalue weighted by atomic mass is 10.1. The normalized spacial score (nSPS) is 16.0. The van der Waals surface area contributed by atoms with Crippen LogP contribution in [0.1, 0.15) is 23.2 Å². The van der Waals surface area contributed by atoms with Crippen LogP contribution in [-0.2, 0) is 0 Å². The number of aliphatic hydroxyl groups is 1. The first-order valence-corrected chi connectivity index (χ1v) is 9.11. The molecule has 1 aromatic carbocycles. The molecule has 3 nitrogen and oxygen atoms in total. The minimum atomic E-state index is -0.285.